The molecule has 0 aliphatic rings. The first-order chi connectivity index (χ1) is 9.95. The van der Waals surface area contributed by atoms with Gasteiger partial charge < -0.3 is 9.84 Å². The van der Waals surface area contributed by atoms with E-state index in [0.29, 0.717) is 5.75 Å². The van der Waals surface area contributed by atoms with Gasteiger partial charge in [0.25, 0.3) is 10.0 Å². The quantitative estimate of drug-likeness (QED) is 0.877. The van der Waals surface area contributed by atoms with E-state index in [4.69, 9.17) is 9.84 Å². The van der Waals surface area contributed by atoms with Crippen LogP contribution in [-0.4, -0.2) is 33.1 Å². The number of benzene rings is 1. The number of methoxy groups -OCH3 is 1. The number of hydrogen-bond acceptors (Lipinski definition) is 5. The number of nitrogens with zero attached hydrogens (tertiary/aromatic N) is 1. The Hall–Kier alpha value is -2.06. The summed E-state index contributed by atoms with van der Waals surface area (Å²) in [7, 11) is -2.46. The molecule has 1 aromatic carbocycles. The topological polar surface area (TPSA) is 83.9 Å². The molecule has 0 atom stereocenters. The number of rotatable bonds is 6. The van der Waals surface area contributed by atoms with Crippen molar-refractivity contribution in [3.05, 3.63) is 41.8 Å². The van der Waals surface area contributed by atoms with Crippen molar-refractivity contribution in [3.63, 3.8) is 0 Å². The molecule has 8 heteroatoms. The summed E-state index contributed by atoms with van der Waals surface area (Å²) >= 11 is 1.04. The zero-order valence-corrected chi connectivity index (χ0v) is 12.7. The van der Waals surface area contributed by atoms with Crippen molar-refractivity contribution in [2.24, 2.45) is 0 Å². The van der Waals surface area contributed by atoms with Crippen LogP contribution in [0.1, 0.15) is 0 Å². The molecule has 2 rings (SSSR count). The summed E-state index contributed by atoms with van der Waals surface area (Å²) in [6.07, 6.45) is 0. The van der Waals surface area contributed by atoms with Crippen molar-refractivity contribution >= 4 is 33.0 Å². The third-order valence-electron chi connectivity index (χ3n) is 2.66. The van der Waals surface area contributed by atoms with E-state index in [2.05, 4.69) is 0 Å². The molecule has 2 aromatic rings. The SMILES string of the molecule is COc1cccc(N(CC(=O)O)S(=O)(=O)c2cccs2)c1. The minimum Gasteiger partial charge on any atom is -0.497 e. The lowest BCUT2D eigenvalue weighted by Crippen LogP contribution is -2.35. The minimum atomic E-state index is -3.92. The molecule has 0 saturated heterocycles. The molecule has 0 fully saturated rings. The zero-order chi connectivity index (χ0) is 15.5. The molecule has 1 heterocycles. The zero-order valence-electron chi connectivity index (χ0n) is 11.1. The number of carboxylic acids is 1. The van der Waals surface area contributed by atoms with Crippen LogP contribution in [0.4, 0.5) is 5.69 Å². The van der Waals surface area contributed by atoms with Crippen LogP contribution >= 0.6 is 11.3 Å². The molecule has 0 amide bonds. The Balaban J connectivity index is 2.50. The van der Waals surface area contributed by atoms with Crippen LogP contribution in [0.3, 0.4) is 0 Å². The van der Waals surface area contributed by atoms with E-state index in [-0.39, 0.29) is 9.90 Å². The summed E-state index contributed by atoms with van der Waals surface area (Å²) in [5.41, 5.74) is 0.241. The molecule has 1 aromatic heterocycles. The van der Waals surface area contributed by atoms with Crippen LogP contribution in [0.5, 0.6) is 5.75 Å². The first-order valence-corrected chi connectivity index (χ1v) is 8.19. The van der Waals surface area contributed by atoms with Gasteiger partial charge in [-0.3, -0.25) is 9.10 Å². The van der Waals surface area contributed by atoms with E-state index >= 15 is 0 Å². The van der Waals surface area contributed by atoms with E-state index < -0.39 is 22.5 Å². The molecule has 112 valence electrons. The molecule has 0 aliphatic carbocycles. The fraction of sp³-hybridized carbons (Fsp3) is 0.154. The highest BCUT2D eigenvalue weighted by molar-refractivity contribution is 7.94. The number of carbonyl (C=O) groups is 1. The maximum atomic E-state index is 12.6. The van der Waals surface area contributed by atoms with E-state index in [1.807, 2.05) is 0 Å². The molecule has 0 bridgehead atoms. The fourth-order valence-electron chi connectivity index (χ4n) is 1.72. The largest absolute Gasteiger partial charge is 0.497 e. The van der Waals surface area contributed by atoms with Gasteiger partial charge in [-0.2, -0.15) is 0 Å². The van der Waals surface area contributed by atoms with Crippen molar-refractivity contribution in [2.75, 3.05) is 18.0 Å². The van der Waals surface area contributed by atoms with Gasteiger partial charge in [0.05, 0.1) is 12.8 Å². The Morgan fingerprint density at radius 3 is 2.67 bits per heavy atom. The summed E-state index contributed by atoms with van der Waals surface area (Å²) < 4.78 is 31.1. The molecular formula is C13H13NO5S2. The second-order valence-electron chi connectivity index (χ2n) is 4.04. The van der Waals surface area contributed by atoms with Crippen molar-refractivity contribution < 1.29 is 23.1 Å². The van der Waals surface area contributed by atoms with Gasteiger partial charge >= 0.3 is 5.97 Å². The highest BCUT2D eigenvalue weighted by atomic mass is 32.2. The highest BCUT2D eigenvalue weighted by Crippen LogP contribution is 2.28. The van der Waals surface area contributed by atoms with Crippen LogP contribution in [-0.2, 0) is 14.8 Å². The summed E-state index contributed by atoms with van der Waals surface area (Å²) in [4.78, 5) is 11.0. The average Bonchev–Trinajstić information content (AvgIpc) is 2.99. The fourth-order valence-corrected chi connectivity index (χ4v) is 4.23. The Bertz CT molecular complexity index is 725. The summed E-state index contributed by atoms with van der Waals surface area (Å²) in [5, 5.41) is 10.6. The molecule has 6 nitrogen and oxygen atoms in total. The predicted molar refractivity (Wildman–Crippen MR) is 79.5 cm³/mol. The third kappa shape index (κ3) is 3.34. The normalized spacial score (nSPS) is 11.1. The molecular weight excluding hydrogens is 314 g/mol. The monoisotopic (exact) mass is 327 g/mol. The number of ether oxygens (including phenoxy) is 1. The Labute approximate surface area is 126 Å². The molecule has 0 radical (unpaired) electrons. The number of sulfonamides is 1. The lowest BCUT2D eigenvalue weighted by atomic mass is 10.3. The van der Waals surface area contributed by atoms with E-state index in [0.717, 1.165) is 15.6 Å². The van der Waals surface area contributed by atoms with Crippen LogP contribution < -0.4 is 9.04 Å². The Morgan fingerprint density at radius 1 is 1.33 bits per heavy atom. The van der Waals surface area contributed by atoms with E-state index in [1.54, 1.807) is 23.6 Å². The predicted octanol–water partition coefficient (Wildman–Crippen LogP) is 2.04. The molecule has 0 unspecified atom stereocenters. The van der Waals surface area contributed by atoms with Crippen LogP contribution in [0.25, 0.3) is 0 Å². The summed E-state index contributed by atoms with van der Waals surface area (Å²) in [5.74, 6) is -0.790. The second kappa shape index (κ2) is 6.15. The standard InChI is InChI=1S/C13H13NO5S2/c1-19-11-5-2-4-10(8-11)14(9-12(15)16)21(17,18)13-6-3-7-20-13/h2-8H,9H2,1H3,(H,15,16). The van der Waals surface area contributed by atoms with E-state index in [1.165, 1.54) is 25.3 Å². The van der Waals surface area contributed by atoms with Crippen molar-refractivity contribution in [1.82, 2.24) is 0 Å². The Morgan fingerprint density at radius 2 is 2.10 bits per heavy atom. The highest BCUT2D eigenvalue weighted by Gasteiger charge is 2.28. The summed E-state index contributed by atoms with van der Waals surface area (Å²) in [6.45, 7) is -0.659. The number of carboxylic acid groups (broad SMARTS) is 1. The molecule has 1 N–H and O–H groups in total. The second-order valence-corrected chi connectivity index (χ2v) is 7.08. The van der Waals surface area contributed by atoms with Gasteiger partial charge in [0.2, 0.25) is 0 Å². The number of anilines is 1. The molecule has 21 heavy (non-hydrogen) atoms. The number of aliphatic carboxylic acids is 1. The summed E-state index contributed by atoms with van der Waals surface area (Å²) in [6, 6.07) is 9.30. The molecule has 0 saturated carbocycles. The van der Waals surface area contributed by atoms with Gasteiger partial charge in [-0.05, 0) is 23.6 Å². The van der Waals surface area contributed by atoms with Gasteiger partial charge in [0.15, 0.2) is 0 Å². The number of thiophene rings is 1. The third-order valence-corrected chi connectivity index (χ3v) is 5.81. The van der Waals surface area contributed by atoms with E-state index in [9.17, 15) is 13.2 Å². The van der Waals surface area contributed by atoms with Crippen LogP contribution in [0.15, 0.2) is 46.0 Å². The molecule has 0 spiro atoms. The van der Waals surface area contributed by atoms with Gasteiger partial charge in [-0.15, -0.1) is 11.3 Å². The maximum Gasteiger partial charge on any atom is 0.324 e. The van der Waals surface area contributed by atoms with Crippen molar-refractivity contribution in [1.29, 1.82) is 0 Å². The van der Waals surface area contributed by atoms with Gasteiger partial charge in [0, 0.05) is 6.07 Å². The lowest BCUT2D eigenvalue weighted by Gasteiger charge is -2.22. The maximum absolute atomic E-state index is 12.6. The van der Waals surface area contributed by atoms with Crippen molar-refractivity contribution in [2.45, 2.75) is 4.21 Å². The first-order valence-electron chi connectivity index (χ1n) is 5.87. The van der Waals surface area contributed by atoms with Gasteiger partial charge in [-0.25, -0.2) is 8.42 Å². The van der Waals surface area contributed by atoms with Crippen LogP contribution in [0, 0.1) is 0 Å². The van der Waals surface area contributed by atoms with Gasteiger partial charge in [0.1, 0.15) is 16.5 Å². The first kappa shape index (κ1) is 15.3. The number of hydrogen-bond donors (Lipinski definition) is 1. The average molecular weight is 327 g/mol. The lowest BCUT2D eigenvalue weighted by molar-refractivity contribution is -0.135. The molecule has 0 aliphatic heterocycles. The van der Waals surface area contributed by atoms with Crippen molar-refractivity contribution in [3.8, 4) is 5.75 Å². The Kier molecular flexibility index (Phi) is 4.49. The van der Waals surface area contributed by atoms with Gasteiger partial charge in [-0.1, -0.05) is 12.1 Å². The smallest absolute Gasteiger partial charge is 0.324 e. The van der Waals surface area contributed by atoms with Crippen LogP contribution in [0.2, 0.25) is 0 Å². The minimum absolute atomic E-state index is 0.0894.